The summed E-state index contributed by atoms with van der Waals surface area (Å²) < 4.78 is 10.9. The van der Waals surface area contributed by atoms with E-state index in [2.05, 4.69) is 10.9 Å². The number of thiophene rings is 1. The van der Waals surface area contributed by atoms with E-state index in [0.29, 0.717) is 12.4 Å². The van der Waals surface area contributed by atoms with Gasteiger partial charge < -0.3 is 9.47 Å². The summed E-state index contributed by atoms with van der Waals surface area (Å²) in [6.07, 6.45) is -0.519. The molecule has 2 aromatic rings. The smallest absolute Gasteiger partial charge is 0.279 e. The molecule has 6 nitrogen and oxygen atoms in total. The van der Waals surface area contributed by atoms with Crippen molar-refractivity contribution in [3.63, 3.8) is 0 Å². The van der Waals surface area contributed by atoms with Gasteiger partial charge in [0.05, 0.1) is 13.0 Å². The molecule has 0 radical (unpaired) electrons. The topological polar surface area (TPSA) is 76.7 Å². The lowest BCUT2D eigenvalue weighted by Gasteiger charge is -2.15. The number of amides is 2. The molecule has 0 spiro atoms. The van der Waals surface area contributed by atoms with Crippen LogP contribution in [-0.2, 0) is 16.0 Å². The van der Waals surface area contributed by atoms with Gasteiger partial charge in [0.15, 0.2) is 6.10 Å². The van der Waals surface area contributed by atoms with E-state index in [1.54, 1.807) is 42.5 Å². The molecule has 2 N–H and O–H groups in total. The van der Waals surface area contributed by atoms with E-state index >= 15 is 0 Å². The quantitative estimate of drug-likeness (QED) is 0.743. The molecule has 0 aliphatic heterocycles. The highest BCUT2D eigenvalue weighted by Gasteiger charge is 2.15. The number of ether oxygens (including phenoxy) is 2. The Morgan fingerprint density at radius 3 is 2.36 bits per heavy atom. The summed E-state index contributed by atoms with van der Waals surface area (Å²) in [5.74, 6) is 0.586. The van der Waals surface area contributed by atoms with Gasteiger partial charge in [0.1, 0.15) is 11.5 Å². The second-order valence-electron chi connectivity index (χ2n) is 5.39. The molecular weight excluding hydrogens is 340 g/mol. The molecule has 0 bridgehead atoms. The highest BCUT2D eigenvalue weighted by molar-refractivity contribution is 7.12. The Hall–Kier alpha value is -2.54. The van der Waals surface area contributed by atoms with E-state index in [1.807, 2.05) is 26.0 Å². The van der Waals surface area contributed by atoms with E-state index in [1.165, 1.54) is 0 Å². The highest BCUT2D eigenvalue weighted by atomic mass is 32.1. The minimum absolute atomic E-state index is 0.229. The molecule has 2 amide bonds. The predicted molar refractivity (Wildman–Crippen MR) is 96.7 cm³/mol. The number of hydrogen-bond acceptors (Lipinski definition) is 5. The molecule has 1 heterocycles. The van der Waals surface area contributed by atoms with Crippen LogP contribution < -0.4 is 20.3 Å². The molecule has 7 heteroatoms. The van der Waals surface area contributed by atoms with Crippen molar-refractivity contribution in [1.29, 1.82) is 0 Å². The Balaban J connectivity index is 1.76. The Bertz CT molecular complexity index is 712. The van der Waals surface area contributed by atoms with Gasteiger partial charge in [-0.05, 0) is 57.2 Å². The molecule has 1 atom stereocenters. The van der Waals surface area contributed by atoms with Crippen LogP contribution in [0.3, 0.4) is 0 Å². The summed E-state index contributed by atoms with van der Waals surface area (Å²) in [5.41, 5.74) is 4.78. The summed E-state index contributed by atoms with van der Waals surface area (Å²) in [5, 5.41) is 0. The van der Waals surface area contributed by atoms with Crippen LogP contribution >= 0.6 is 11.3 Å². The van der Waals surface area contributed by atoms with Crippen molar-refractivity contribution in [3.8, 4) is 11.5 Å². The maximum atomic E-state index is 12.0. The molecule has 0 saturated carbocycles. The fraction of sp³-hybridized carbons (Fsp3) is 0.333. The first kappa shape index (κ1) is 18.8. The average Bonchev–Trinajstić information content (AvgIpc) is 2.99. The molecule has 0 aliphatic carbocycles. The first-order chi connectivity index (χ1) is 12.0. The number of benzene rings is 1. The largest absolute Gasteiger partial charge is 0.494 e. The zero-order valence-corrected chi connectivity index (χ0v) is 15.3. The number of hydrazine groups is 1. The zero-order valence-electron chi connectivity index (χ0n) is 14.5. The van der Waals surface area contributed by atoms with Gasteiger partial charge in [-0.15, -0.1) is 11.3 Å². The number of aryl methyl sites for hydroxylation is 1. The van der Waals surface area contributed by atoms with Gasteiger partial charge in [0.2, 0.25) is 5.91 Å². The first-order valence-electron chi connectivity index (χ1n) is 8.01. The Morgan fingerprint density at radius 2 is 1.76 bits per heavy atom. The predicted octanol–water partition coefficient (Wildman–Crippen LogP) is 2.61. The third kappa shape index (κ3) is 6.11. The molecule has 0 fully saturated rings. The van der Waals surface area contributed by atoms with Crippen molar-refractivity contribution < 1.29 is 19.1 Å². The molecule has 1 aromatic carbocycles. The number of nitrogens with one attached hydrogen (secondary N) is 2. The van der Waals surface area contributed by atoms with Gasteiger partial charge in [0.25, 0.3) is 5.91 Å². The van der Waals surface area contributed by atoms with Crippen LogP contribution in [0.1, 0.15) is 23.6 Å². The van der Waals surface area contributed by atoms with Crippen LogP contribution in [0.5, 0.6) is 11.5 Å². The lowest BCUT2D eigenvalue weighted by atomic mass is 10.3. The normalized spacial score (nSPS) is 11.5. The number of hydrogen-bond donors (Lipinski definition) is 2. The maximum Gasteiger partial charge on any atom is 0.279 e. The highest BCUT2D eigenvalue weighted by Crippen LogP contribution is 2.18. The number of rotatable bonds is 7. The second-order valence-corrected chi connectivity index (χ2v) is 6.76. The van der Waals surface area contributed by atoms with Crippen LogP contribution in [0.25, 0.3) is 0 Å². The third-order valence-electron chi connectivity index (χ3n) is 3.27. The van der Waals surface area contributed by atoms with Crippen molar-refractivity contribution >= 4 is 23.2 Å². The SMILES string of the molecule is CCOc1ccc(OC(C)C(=O)NNC(=O)Cc2ccc(C)s2)cc1. The summed E-state index contributed by atoms with van der Waals surface area (Å²) in [6, 6.07) is 10.9. The number of carbonyl (C=O) groups is 2. The molecule has 1 aromatic heterocycles. The standard InChI is InChI=1S/C18H22N2O4S/c1-4-23-14-6-8-15(9-7-14)24-13(3)18(22)20-19-17(21)11-16-10-5-12(2)25-16/h5-10,13H,4,11H2,1-3H3,(H,19,21)(H,20,22). The van der Waals surface area contributed by atoms with Crippen molar-refractivity contribution in [2.24, 2.45) is 0 Å². The zero-order chi connectivity index (χ0) is 18.2. The minimum Gasteiger partial charge on any atom is -0.494 e. The summed E-state index contributed by atoms with van der Waals surface area (Å²) >= 11 is 1.55. The molecular formula is C18H22N2O4S. The fourth-order valence-electron chi connectivity index (χ4n) is 2.05. The molecule has 0 saturated heterocycles. The summed E-state index contributed by atoms with van der Waals surface area (Å²) in [4.78, 5) is 25.9. The van der Waals surface area contributed by atoms with E-state index < -0.39 is 12.0 Å². The average molecular weight is 362 g/mol. The van der Waals surface area contributed by atoms with E-state index in [-0.39, 0.29) is 12.3 Å². The van der Waals surface area contributed by atoms with Crippen LogP contribution in [0.4, 0.5) is 0 Å². The lowest BCUT2D eigenvalue weighted by Crippen LogP contribution is -2.47. The van der Waals surface area contributed by atoms with Gasteiger partial charge in [-0.1, -0.05) is 0 Å². The van der Waals surface area contributed by atoms with Crippen molar-refractivity contribution in [1.82, 2.24) is 10.9 Å². The van der Waals surface area contributed by atoms with Crippen molar-refractivity contribution in [2.75, 3.05) is 6.61 Å². The van der Waals surface area contributed by atoms with E-state index in [0.717, 1.165) is 15.5 Å². The van der Waals surface area contributed by atoms with Gasteiger partial charge in [-0.2, -0.15) is 0 Å². The Kier molecular flexibility index (Phi) is 6.82. The van der Waals surface area contributed by atoms with Crippen LogP contribution in [0.2, 0.25) is 0 Å². The van der Waals surface area contributed by atoms with E-state index in [9.17, 15) is 9.59 Å². The molecule has 2 rings (SSSR count). The second kappa shape index (κ2) is 9.08. The third-order valence-corrected chi connectivity index (χ3v) is 4.27. The maximum absolute atomic E-state index is 12.0. The Labute approximate surface area is 151 Å². The fourth-order valence-corrected chi connectivity index (χ4v) is 2.94. The van der Waals surface area contributed by atoms with Crippen LogP contribution in [0.15, 0.2) is 36.4 Å². The molecule has 0 aliphatic rings. The van der Waals surface area contributed by atoms with Crippen molar-refractivity contribution in [2.45, 2.75) is 33.3 Å². The van der Waals surface area contributed by atoms with Gasteiger partial charge in [-0.3, -0.25) is 20.4 Å². The van der Waals surface area contributed by atoms with E-state index in [4.69, 9.17) is 9.47 Å². The lowest BCUT2D eigenvalue weighted by molar-refractivity contribution is -0.132. The molecule has 1 unspecified atom stereocenters. The van der Waals surface area contributed by atoms with Crippen molar-refractivity contribution in [3.05, 3.63) is 46.2 Å². The monoisotopic (exact) mass is 362 g/mol. The first-order valence-corrected chi connectivity index (χ1v) is 8.83. The minimum atomic E-state index is -0.748. The van der Waals surface area contributed by atoms with Gasteiger partial charge >= 0.3 is 0 Å². The van der Waals surface area contributed by atoms with Gasteiger partial charge in [0, 0.05) is 9.75 Å². The van der Waals surface area contributed by atoms with Gasteiger partial charge in [-0.25, -0.2) is 0 Å². The summed E-state index contributed by atoms with van der Waals surface area (Å²) in [7, 11) is 0. The Morgan fingerprint density at radius 1 is 1.08 bits per heavy atom. The van der Waals surface area contributed by atoms with Crippen LogP contribution in [0, 0.1) is 6.92 Å². The van der Waals surface area contributed by atoms with Crippen LogP contribution in [-0.4, -0.2) is 24.5 Å². The number of carbonyl (C=O) groups excluding carboxylic acids is 2. The summed E-state index contributed by atoms with van der Waals surface area (Å²) in [6.45, 7) is 6.09. The molecule has 25 heavy (non-hydrogen) atoms. The molecule has 134 valence electrons.